The Morgan fingerprint density at radius 3 is 2.33 bits per heavy atom. The summed E-state index contributed by atoms with van der Waals surface area (Å²) in [4.78, 5) is 14.2. The van der Waals surface area contributed by atoms with Crippen molar-refractivity contribution in [1.29, 1.82) is 0 Å². The minimum atomic E-state index is -0.209. The number of rotatable bonds is 5. The summed E-state index contributed by atoms with van der Waals surface area (Å²) in [6.45, 7) is 6.09. The zero-order valence-electron chi connectivity index (χ0n) is 14.1. The van der Waals surface area contributed by atoms with Crippen LogP contribution in [0.5, 0.6) is 0 Å². The SMILES string of the molecule is CC(C)NC(=O)c1ccc(Nc2ccc(N3CCCC3)cc2)nn1. The summed E-state index contributed by atoms with van der Waals surface area (Å²) in [5.41, 5.74) is 2.52. The Kier molecular flexibility index (Phi) is 4.93. The minimum absolute atomic E-state index is 0.0752. The summed E-state index contributed by atoms with van der Waals surface area (Å²) >= 11 is 0. The molecule has 2 aromatic rings. The summed E-state index contributed by atoms with van der Waals surface area (Å²) in [7, 11) is 0. The molecule has 6 nitrogen and oxygen atoms in total. The summed E-state index contributed by atoms with van der Waals surface area (Å²) in [5.74, 6) is 0.407. The fourth-order valence-electron chi connectivity index (χ4n) is 2.73. The highest BCUT2D eigenvalue weighted by atomic mass is 16.2. The molecule has 126 valence electrons. The molecule has 1 amide bonds. The second kappa shape index (κ2) is 7.29. The lowest BCUT2D eigenvalue weighted by Gasteiger charge is -2.17. The average Bonchev–Trinajstić information content (AvgIpc) is 3.10. The molecule has 6 heteroatoms. The third-order valence-electron chi connectivity index (χ3n) is 3.93. The van der Waals surface area contributed by atoms with E-state index in [1.807, 2.05) is 26.0 Å². The van der Waals surface area contributed by atoms with Crippen LogP contribution in [0.4, 0.5) is 17.2 Å². The Morgan fingerprint density at radius 2 is 1.75 bits per heavy atom. The first-order chi connectivity index (χ1) is 11.6. The number of nitrogens with one attached hydrogen (secondary N) is 2. The van der Waals surface area contributed by atoms with Crippen molar-refractivity contribution in [2.24, 2.45) is 0 Å². The van der Waals surface area contributed by atoms with Crippen LogP contribution in [-0.4, -0.2) is 35.2 Å². The lowest BCUT2D eigenvalue weighted by molar-refractivity contribution is 0.0937. The number of hydrogen-bond donors (Lipinski definition) is 2. The molecule has 1 saturated heterocycles. The summed E-state index contributed by atoms with van der Waals surface area (Å²) < 4.78 is 0. The van der Waals surface area contributed by atoms with Crippen molar-refractivity contribution in [3.63, 3.8) is 0 Å². The summed E-state index contributed by atoms with van der Waals surface area (Å²) in [6.07, 6.45) is 2.54. The third kappa shape index (κ3) is 4.01. The summed E-state index contributed by atoms with van der Waals surface area (Å²) in [5, 5.41) is 14.0. The van der Waals surface area contributed by atoms with Gasteiger partial charge >= 0.3 is 0 Å². The first-order valence-corrected chi connectivity index (χ1v) is 8.38. The van der Waals surface area contributed by atoms with Crippen molar-refractivity contribution < 1.29 is 4.79 Å². The van der Waals surface area contributed by atoms with Crippen molar-refractivity contribution >= 4 is 23.1 Å². The van der Waals surface area contributed by atoms with E-state index in [2.05, 4.69) is 37.9 Å². The monoisotopic (exact) mass is 325 g/mol. The predicted octanol–water partition coefficient (Wildman–Crippen LogP) is 2.96. The van der Waals surface area contributed by atoms with E-state index in [0.717, 1.165) is 18.8 Å². The van der Waals surface area contributed by atoms with E-state index in [-0.39, 0.29) is 11.9 Å². The molecule has 3 rings (SSSR count). The van der Waals surface area contributed by atoms with Crippen LogP contribution in [0, 0.1) is 0 Å². The maximum absolute atomic E-state index is 11.8. The molecule has 0 saturated carbocycles. The van der Waals surface area contributed by atoms with Gasteiger partial charge in [0.15, 0.2) is 11.5 Å². The van der Waals surface area contributed by atoms with E-state index in [1.54, 1.807) is 12.1 Å². The van der Waals surface area contributed by atoms with Crippen LogP contribution in [0.2, 0.25) is 0 Å². The van der Waals surface area contributed by atoms with Crippen LogP contribution in [0.1, 0.15) is 37.2 Å². The van der Waals surface area contributed by atoms with Crippen molar-refractivity contribution in [1.82, 2.24) is 15.5 Å². The number of aromatic nitrogens is 2. The van der Waals surface area contributed by atoms with Crippen LogP contribution in [0.15, 0.2) is 36.4 Å². The van der Waals surface area contributed by atoms with Gasteiger partial charge in [0.05, 0.1) is 0 Å². The number of hydrogen-bond acceptors (Lipinski definition) is 5. The minimum Gasteiger partial charge on any atom is -0.372 e. The van der Waals surface area contributed by atoms with Gasteiger partial charge in [-0.15, -0.1) is 10.2 Å². The van der Waals surface area contributed by atoms with Crippen molar-refractivity contribution in [2.45, 2.75) is 32.7 Å². The van der Waals surface area contributed by atoms with Crippen molar-refractivity contribution in [3.05, 3.63) is 42.1 Å². The molecule has 1 aromatic heterocycles. The number of carbonyl (C=O) groups excluding carboxylic acids is 1. The first-order valence-electron chi connectivity index (χ1n) is 8.38. The zero-order chi connectivity index (χ0) is 16.9. The van der Waals surface area contributed by atoms with Gasteiger partial charge in [0, 0.05) is 30.5 Å². The molecule has 24 heavy (non-hydrogen) atoms. The molecule has 0 radical (unpaired) electrons. The fraction of sp³-hybridized carbons (Fsp3) is 0.389. The van der Waals surface area contributed by atoms with E-state index in [9.17, 15) is 4.79 Å². The van der Waals surface area contributed by atoms with E-state index in [4.69, 9.17) is 0 Å². The largest absolute Gasteiger partial charge is 0.372 e. The van der Waals surface area contributed by atoms with Gasteiger partial charge in [-0.2, -0.15) is 0 Å². The second-order valence-corrected chi connectivity index (χ2v) is 6.30. The van der Waals surface area contributed by atoms with Crippen molar-refractivity contribution in [3.8, 4) is 0 Å². The lowest BCUT2D eigenvalue weighted by atomic mass is 10.2. The Morgan fingerprint density at radius 1 is 1.04 bits per heavy atom. The Bertz CT molecular complexity index is 676. The van der Waals surface area contributed by atoms with Gasteiger partial charge in [0.2, 0.25) is 0 Å². The highest BCUT2D eigenvalue weighted by Crippen LogP contribution is 2.23. The van der Waals surface area contributed by atoms with Gasteiger partial charge in [0.25, 0.3) is 5.91 Å². The molecule has 0 spiro atoms. The maximum Gasteiger partial charge on any atom is 0.271 e. The van der Waals surface area contributed by atoms with Gasteiger partial charge in [-0.3, -0.25) is 4.79 Å². The van der Waals surface area contributed by atoms with E-state index < -0.39 is 0 Å². The van der Waals surface area contributed by atoms with Gasteiger partial charge in [0.1, 0.15) is 0 Å². The number of amides is 1. The normalized spacial score (nSPS) is 14.0. The maximum atomic E-state index is 11.8. The Hall–Kier alpha value is -2.63. The topological polar surface area (TPSA) is 70.2 Å². The molecule has 0 unspecified atom stereocenters. The molecule has 0 bridgehead atoms. The van der Waals surface area contributed by atoms with Gasteiger partial charge in [-0.1, -0.05) is 0 Å². The Labute approximate surface area is 142 Å². The first kappa shape index (κ1) is 16.2. The average molecular weight is 325 g/mol. The number of carbonyl (C=O) groups is 1. The standard InChI is InChI=1S/C18H23N5O/c1-13(2)19-18(24)16-9-10-17(22-21-16)20-14-5-7-15(8-6-14)23-11-3-4-12-23/h5-10,13H,3-4,11-12H2,1-2H3,(H,19,24)(H,20,22). The van der Waals surface area contributed by atoms with Gasteiger partial charge < -0.3 is 15.5 Å². The van der Waals surface area contributed by atoms with E-state index in [1.165, 1.54) is 18.5 Å². The molecule has 1 aliphatic heterocycles. The third-order valence-corrected chi connectivity index (χ3v) is 3.93. The zero-order valence-corrected chi connectivity index (χ0v) is 14.1. The smallest absolute Gasteiger partial charge is 0.271 e. The molecule has 2 heterocycles. The number of benzene rings is 1. The van der Waals surface area contributed by atoms with Crippen LogP contribution < -0.4 is 15.5 Å². The molecule has 0 atom stereocenters. The van der Waals surface area contributed by atoms with Crippen LogP contribution in [0.3, 0.4) is 0 Å². The molecule has 1 fully saturated rings. The van der Waals surface area contributed by atoms with Crippen LogP contribution in [-0.2, 0) is 0 Å². The molecule has 0 aliphatic carbocycles. The van der Waals surface area contributed by atoms with E-state index >= 15 is 0 Å². The predicted molar refractivity (Wildman–Crippen MR) is 95.8 cm³/mol. The molecule has 2 N–H and O–H groups in total. The molecular weight excluding hydrogens is 302 g/mol. The lowest BCUT2D eigenvalue weighted by Crippen LogP contribution is -2.30. The molecule has 1 aromatic carbocycles. The molecular formula is C18H23N5O. The van der Waals surface area contributed by atoms with Gasteiger partial charge in [-0.05, 0) is 63.1 Å². The van der Waals surface area contributed by atoms with Crippen LogP contribution in [0.25, 0.3) is 0 Å². The number of nitrogens with zero attached hydrogens (tertiary/aromatic N) is 3. The quantitative estimate of drug-likeness (QED) is 0.884. The highest BCUT2D eigenvalue weighted by molar-refractivity contribution is 5.92. The van der Waals surface area contributed by atoms with Crippen LogP contribution >= 0.6 is 0 Å². The Balaban J connectivity index is 1.62. The highest BCUT2D eigenvalue weighted by Gasteiger charge is 2.12. The second-order valence-electron chi connectivity index (χ2n) is 6.30. The van der Waals surface area contributed by atoms with Crippen molar-refractivity contribution in [2.75, 3.05) is 23.3 Å². The van der Waals surface area contributed by atoms with Gasteiger partial charge in [-0.25, -0.2) is 0 Å². The fourth-order valence-corrected chi connectivity index (χ4v) is 2.73. The number of anilines is 3. The van der Waals surface area contributed by atoms with E-state index in [0.29, 0.717) is 11.5 Å². The summed E-state index contributed by atoms with van der Waals surface area (Å²) in [6, 6.07) is 11.8. The molecule has 1 aliphatic rings.